The van der Waals surface area contributed by atoms with Crippen molar-refractivity contribution >= 4 is 86.9 Å². The minimum atomic E-state index is -1.81. The van der Waals surface area contributed by atoms with Gasteiger partial charge in [0.2, 0.25) is 9.70 Å². The highest BCUT2D eigenvalue weighted by Crippen LogP contribution is 2.30. The number of halogens is 5. The highest BCUT2D eigenvalue weighted by Gasteiger charge is 2.34. The van der Waals surface area contributed by atoms with Crippen molar-refractivity contribution in [2.45, 2.75) is 30.2 Å². The number of carbonyl (C=O) groups excluding carboxylic acids is 1. The van der Waals surface area contributed by atoms with Gasteiger partial charge in [0, 0.05) is 11.4 Å². The van der Waals surface area contributed by atoms with Crippen molar-refractivity contribution < 1.29 is 4.79 Å². The van der Waals surface area contributed by atoms with E-state index in [4.69, 9.17) is 70.2 Å². The van der Waals surface area contributed by atoms with Gasteiger partial charge in [0.05, 0.1) is 10.7 Å². The van der Waals surface area contributed by atoms with E-state index in [9.17, 15) is 4.79 Å². The fourth-order valence-electron chi connectivity index (χ4n) is 1.67. The number of carbonyl (C=O) groups is 1. The predicted octanol–water partition coefficient (Wildman–Crippen LogP) is 5.14. The lowest BCUT2D eigenvalue weighted by Crippen LogP contribution is -2.56. The van der Waals surface area contributed by atoms with Crippen LogP contribution in [-0.4, -0.2) is 21.0 Å². The SMILES string of the molecule is CC(C)CC(=O)N[C@@H](NC(=S)Nc1cc(Cl)ccc1Cl)C(Cl)(Cl)Cl. The largest absolute Gasteiger partial charge is 0.339 e. The Bertz CT molecular complexity index is 607. The smallest absolute Gasteiger partial charge is 0.228 e. The van der Waals surface area contributed by atoms with E-state index < -0.39 is 9.96 Å². The van der Waals surface area contributed by atoms with E-state index in [2.05, 4.69) is 16.0 Å². The van der Waals surface area contributed by atoms with Crippen molar-refractivity contribution in [2.75, 3.05) is 5.32 Å². The Kier molecular flexibility index (Phi) is 8.66. The average molecular weight is 452 g/mol. The first-order valence-corrected chi connectivity index (χ1v) is 9.17. The van der Waals surface area contributed by atoms with E-state index in [1.807, 2.05) is 13.8 Å². The third-order valence-corrected chi connectivity index (χ3v) is 4.12. The maximum atomic E-state index is 11.9. The first-order chi connectivity index (χ1) is 11.0. The lowest BCUT2D eigenvalue weighted by atomic mass is 10.1. The Balaban J connectivity index is 2.77. The number of rotatable bonds is 5. The van der Waals surface area contributed by atoms with Crippen molar-refractivity contribution in [1.29, 1.82) is 0 Å². The maximum absolute atomic E-state index is 11.9. The summed E-state index contributed by atoms with van der Waals surface area (Å²) in [6.45, 7) is 3.81. The van der Waals surface area contributed by atoms with Gasteiger partial charge in [-0.2, -0.15) is 0 Å². The van der Waals surface area contributed by atoms with Crippen molar-refractivity contribution in [1.82, 2.24) is 10.6 Å². The predicted molar refractivity (Wildman–Crippen MR) is 107 cm³/mol. The number of benzene rings is 1. The van der Waals surface area contributed by atoms with Crippen molar-refractivity contribution in [3.63, 3.8) is 0 Å². The summed E-state index contributed by atoms with van der Waals surface area (Å²) in [5.74, 6) is -0.103. The molecule has 0 aromatic heterocycles. The van der Waals surface area contributed by atoms with E-state index in [0.29, 0.717) is 22.2 Å². The zero-order chi connectivity index (χ0) is 18.5. The van der Waals surface area contributed by atoms with Crippen LogP contribution in [0.2, 0.25) is 10.0 Å². The number of anilines is 1. The number of hydrogen-bond donors (Lipinski definition) is 3. The molecule has 0 heterocycles. The standard InChI is InChI=1S/C14H16Cl5N3OS/c1-7(2)5-11(23)21-12(14(17,18)19)22-13(24)20-10-6-8(15)3-4-9(10)16/h3-4,6-7,12H,5H2,1-2H3,(H,21,23)(H2,20,22,24)/t12-/m0/s1. The number of thiocarbonyl (C=S) groups is 1. The molecule has 0 bridgehead atoms. The summed E-state index contributed by atoms with van der Waals surface area (Å²) >= 11 is 34.8. The molecule has 10 heteroatoms. The quantitative estimate of drug-likeness (QED) is 0.330. The summed E-state index contributed by atoms with van der Waals surface area (Å²) in [6, 6.07) is 4.85. The van der Waals surface area contributed by atoms with Crippen LogP contribution >= 0.6 is 70.2 Å². The molecule has 0 aliphatic rings. The monoisotopic (exact) mass is 449 g/mol. The summed E-state index contributed by atoms with van der Waals surface area (Å²) < 4.78 is -1.81. The molecule has 1 aromatic rings. The molecule has 0 radical (unpaired) electrons. The fourth-order valence-corrected chi connectivity index (χ4v) is 2.57. The van der Waals surface area contributed by atoms with Gasteiger partial charge < -0.3 is 16.0 Å². The minimum absolute atomic E-state index is 0.111. The normalized spacial score (nSPS) is 12.7. The molecule has 134 valence electrons. The molecule has 24 heavy (non-hydrogen) atoms. The summed E-state index contributed by atoms with van der Waals surface area (Å²) in [6.07, 6.45) is -0.731. The molecule has 1 amide bonds. The van der Waals surface area contributed by atoms with Crippen molar-refractivity contribution in [2.24, 2.45) is 5.92 Å². The Morgan fingerprint density at radius 3 is 2.38 bits per heavy atom. The molecule has 0 fully saturated rings. The molecular weight excluding hydrogens is 436 g/mol. The topological polar surface area (TPSA) is 53.2 Å². The van der Waals surface area contributed by atoms with E-state index >= 15 is 0 Å². The highest BCUT2D eigenvalue weighted by molar-refractivity contribution is 7.80. The molecule has 1 aromatic carbocycles. The van der Waals surface area contributed by atoms with Crippen LogP contribution in [-0.2, 0) is 4.79 Å². The first kappa shape index (κ1) is 21.9. The molecule has 0 unspecified atom stereocenters. The zero-order valence-corrected chi connectivity index (χ0v) is 17.4. The third kappa shape index (κ3) is 7.81. The Morgan fingerprint density at radius 2 is 1.83 bits per heavy atom. The van der Waals surface area contributed by atoms with E-state index in [1.54, 1.807) is 18.2 Å². The van der Waals surface area contributed by atoms with Gasteiger partial charge in [-0.3, -0.25) is 4.79 Å². The average Bonchev–Trinajstić information content (AvgIpc) is 2.40. The van der Waals surface area contributed by atoms with Gasteiger partial charge in [-0.25, -0.2) is 0 Å². The van der Waals surface area contributed by atoms with E-state index in [1.165, 1.54) is 0 Å². The molecule has 1 atom stereocenters. The summed E-state index contributed by atoms with van der Waals surface area (Å²) in [5, 5.41) is 9.20. The number of hydrogen-bond acceptors (Lipinski definition) is 2. The molecule has 3 N–H and O–H groups in total. The van der Waals surface area contributed by atoms with Crippen molar-refractivity contribution in [3.05, 3.63) is 28.2 Å². The van der Waals surface area contributed by atoms with Crippen LogP contribution in [0.5, 0.6) is 0 Å². The molecule has 4 nitrogen and oxygen atoms in total. The maximum Gasteiger partial charge on any atom is 0.228 e. The molecule has 0 spiro atoms. The van der Waals surface area contributed by atoms with Gasteiger partial charge in [0.1, 0.15) is 6.17 Å². The van der Waals surface area contributed by atoms with E-state index in [0.717, 1.165) is 0 Å². The fraction of sp³-hybridized carbons (Fsp3) is 0.429. The summed E-state index contributed by atoms with van der Waals surface area (Å²) in [7, 11) is 0. The molecule has 1 rings (SSSR count). The summed E-state index contributed by atoms with van der Waals surface area (Å²) in [4.78, 5) is 11.9. The number of amides is 1. The zero-order valence-electron chi connectivity index (χ0n) is 12.8. The molecule has 0 saturated carbocycles. The number of nitrogens with one attached hydrogen (secondary N) is 3. The Morgan fingerprint density at radius 1 is 1.21 bits per heavy atom. The first-order valence-electron chi connectivity index (χ1n) is 6.87. The third-order valence-electron chi connectivity index (χ3n) is 2.68. The lowest BCUT2D eigenvalue weighted by molar-refractivity contribution is -0.122. The van der Waals surface area contributed by atoms with Gasteiger partial charge in [-0.1, -0.05) is 71.9 Å². The second-order valence-electron chi connectivity index (χ2n) is 5.36. The lowest BCUT2D eigenvalue weighted by Gasteiger charge is -2.28. The van der Waals surface area contributed by atoms with Crippen LogP contribution in [0.3, 0.4) is 0 Å². The molecule has 0 saturated heterocycles. The minimum Gasteiger partial charge on any atom is -0.339 e. The highest BCUT2D eigenvalue weighted by atomic mass is 35.6. The molecule has 0 aliphatic heterocycles. The Labute approximate surface area is 171 Å². The summed E-state index contributed by atoms with van der Waals surface area (Å²) in [5.41, 5.74) is 0.484. The van der Waals surface area contributed by atoms with Gasteiger partial charge >= 0.3 is 0 Å². The van der Waals surface area contributed by atoms with Crippen LogP contribution in [0.15, 0.2) is 18.2 Å². The number of alkyl halides is 3. The Hall–Kier alpha value is -0.170. The van der Waals surface area contributed by atoms with Gasteiger partial charge in [-0.05, 0) is 36.3 Å². The van der Waals surface area contributed by atoms with Crippen LogP contribution in [0.1, 0.15) is 20.3 Å². The second kappa shape index (κ2) is 9.51. The van der Waals surface area contributed by atoms with E-state index in [-0.39, 0.29) is 16.9 Å². The molecule has 0 aliphatic carbocycles. The molecular formula is C14H16Cl5N3OS. The van der Waals surface area contributed by atoms with Crippen LogP contribution in [0, 0.1) is 5.92 Å². The van der Waals surface area contributed by atoms with Gasteiger partial charge in [-0.15, -0.1) is 0 Å². The van der Waals surface area contributed by atoms with Gasteiger partial charge in [0.15, 0.2) is 5.11 Å². The van der Waals surface area contributed by atoms with Crippen LogP contribution in [0.25, 0.3) is 0 Å². The second-order valence-corrected chi connectivity index (χ2v) is 8.98. The van der Waals surface area contributed by atoms with Crippen molar-refractivity contribution in [3.8, 4) is 0 Å². The van der Waals surface area contributed by atoms with Gasteiger partial charge in [0.25, 0.3) is 0 Å². The van der Waals surface area contributed by atoms with Crippen LogP contribution in [0.4, 0.5) is 5.69 Å². The van der Waals surface area contributed by atoms with Crippen LogP contribution < -0.4 is 16.0 Å².